The van der Waals surface area contributed by atoms with Crippen molar-refractivity contribution in [2.45, 2.75) is 37.8 Å². The number of urea groups is 1. The van der Waals surface area contributed by atoms with Crippen LogP contribution in [-0.4, -0.2) is 78.9 Å². The zero-order valence-electron chi connectivity index (χ0n) is 19.2. The largest absolute Gasteiger partial charge is 0.497 e. The Morgan fingerprint density at radius 3 is 2.52 bits per heavy atom. The average molecular weight is 450 g/mol. The van der Waals surface area contributed by atoms with Gasteiger partial charge in [-0.15, -0.1) is 0 Å². The number of nitrogens with one attached hydrogen (secondary N) is 1. The maximum absolute atomic E-state index is 13.5. The summed E-state index contributed by atoms with van der Waals surface area (Å²) < 4.78 is 5.29. The highest BCUT2D eigenvalue weighted by Gasteiger charge is 2.55. The van der Waals surface area contributed by atoms with E-state index in [9.17, 15) is 9.59 Å². The lowest BCUT2D eigenvalue weighted by Crippen LogP contribution is -2.66. The summed E-state index contributed by atoms with van der Waals surface area (Å²) in [6.45, 7) is 2.13. The number of likely N-dealkylation sites (N-methyl/N-ethyl adjacent to an activating group) is 1. The normalized spacial score (nSPS) is 25.3. The van der Waals surface area contributed by atoms with Crippen LogP contribution in [0.15, 0.2) is 54.6 Å². The van der Waals surface area contributed by atoms with E-state index in [-0.39, 0.29) is 30.4 Å². The second-order valence-corrected chi connectivity index (χ2v) is 8.89. The highest BCUT2D eigenvalue weighted by Crippen LogP contribution is 2.33. The molecule has 3 fully saturated rings. The molecule has 3 heterocycles. The molecule has 3 saturated heterocycles. The number of imide groups is 1. The number of methoxy groups -OCH3 is 1. The van der Waals surface area contributed by atoms with Crippen molar-refractivity contribution in [3.63, 3.8) is 0 Å². The van der Waals surface area contributed by atoms with Crippen LogP contribution in [0.3, 0.4) is 0 Å². The number of amides is 3. The number of hydrogen-bond donors (Lipinski definition) is 1. The second kappa shape index (κ2) is 9.03. The van der Waals surface area contributed by atoms with Crippen molar-refractivity contribution in [2.24, 2.45) is 0 Å². The van der Waals surface area contributed by atoms with Gasteiger partial charge in [-0.2, -0.15) is 0 Å². The minimum Gasteiger partial charge on any atom is -0.497 e. The van der Waals surface area contributed by atoms with Crippen LogP contribution in [0, 0.1) is 0 Å². The Bertz CT molecular complexity index is 999. The van der Waals surface area contributed by atoms with Gasteiger partial charge in [-0.25, -0.2) is 4.79 Å². The van der Waals surface area contributed by atoms with Gasteiger partial charge < -0.3 is 14.5 Å². The molecule has 0 spiro atoms. The predicted molar refractivity (Wildman–Crippen MR) is 126 cm³/mol. The third-order valence-corrected chi connectivity index (χ3v) is 6.96. The van der Waals surface area contributed by atoms with E-state index >= 15 is 0 Å². The molecule has 0 bridgehead atoms. The van der Waals surface area contributed by atoms with Crippen molar-refractivity contribution >= 4 is 17.6 Å². The SMILES string of the molecule is COc1ccc(N2CCCN3C4C(=O)N(CCCc5ccccc5)C(=O)N(C)C4NC23)cc1. The van der Waals surface area contributed by atoms with Gasteiger partial charge in [0.15, 0.2) is 0 Å². The molecule has 3 amide bonds. The summed E-state index contributed by atoms with van der Waals surface area (Å²) in [5, 5.41) is 3.56. The molecule has 0 radical (unpaired) electrons. The standard InChI is InChI=1S/C25H31N5O3/c1-27-22-21(23(31)30(25(27)32)15-6-10-18-8-4-3-5-9-18)29-17-7-16-28(24(29)26-22)19-11-13-20(33-2)14-12-19/h3-5,8-9,11-14,21-22,24,26H,6-7,10,15-17H2,1-2H3. The summed E-state index contributed by atoms with van der Waals surface area (Å²) in [4.78, 5) is 34.3. The summed E-state index contributed by atoms with van der Waals surface area (Å²) in [5.74, 6) is 0.718. The van der Waals surface area contributed by atoms with Crippen molar-refractivity contribution in [2.75, 3.05) is 38.7 Å². The van der Waals surface area contributed by atoms with Gasteiger partial charge in [-0.1, -0.05) is 30.3 Å². The van der Waals surface area contributed by atoms with E-state index in [0.29, 0.717) is 6.54 Å². The molecule has 5 rings (SSSR count). The highest BCUT2D eigenvalue weighted by molar-refractivity contribution is 6.00. The number of anilines is 1. The van der Waals surface area contributed by atoms with Crippen molar-refractivity contribution in [1.29, 1.82) is 0 Å². The quantitative estimate of drug-likeness (QED) is 0.730. The van der Waals surface area contributed by atoms with Gasteiger partial charge in [0.05, 0.1) is 7.11 Å². The van der Waals surface area contributed by atoms with Crippen LogP contribution in [0.25, 0.3) is 0 Å². The lowest BCUT2D eigenvalue weighted by molar-refractivity contribution is -0.138. The van der Waals surface area contributed by atoms with Gasteiger partial charge in [0.2, 0.25) is 0 Å². The molecule has 8 heteroatoms. The Kier molecular flexibility index (Phi) is 5.95. The van der Waals surface area contributed by atoms with Gasteiger partial charge in [0.25, 0.3) is 5.91 Å². The molecule has 3 unspecified atom stereocenters. The number of benzene rings is 2. The van der Waals surface area contributed by atoms with E-state index in [2.05, 4.69) is 27.2 Å². The summed E-state index contributed by atoms with van der Waals surface area (Å²) in [5.41, 5.74) is 2.28. The first-order chi connectivity index (χ1) is 16.1. The van der Waals surface area contributed by atoms with E-state index in [1.807, 2.05) is 42.5 Å². The second-order valence-electron chi connectivity index (χ2n) is 8.89. The molecule has 3 aliphatic heterocycles. The van der Waals surface area contributed by atoms with Gasteiger partial charge in [-0.3, -0.25) is 19.9 Å². The smallest absolute Gasteiger partial charge is 0.327 e. The first-order valence-corrected chi connectivity index (χ1v) is 11.6. The van der Waals surface area contributed by atoms with E-state index in [1.165, 1.54) is 10.5 Å². The molecule has 3 aliphatic rings. The fourth-order valence-electron chi connectivity index (χ4n) is 5.25. The first-order valence-electron chi connectivity index (χ1n) is 11.6. The number of aryl methyl sites for hydroxylation is 1. The Morgan fingerprint density at radius 1 is 1.03 bits per heavy atom. The fraction of sp³-hybridized carbons (Fsp3) is 0.440. The molecular weight excluding hydrogens is 418 g/mol. The third kappa shape index (κ3) is 3.94. The van der Waals surface area contributed by atoms with Crippen LogP contribution in [0.1, 0.15) is 18.4 Å². The van der Waals surface area contributed by atoms with Crippen LogP contribution in [0.2, 0.25) is 0 Å². The average Bonchev–Trinajstić information content (AvgIpc) is 3.26. The molecule has 0 aliphatic carbocycles. The number of fused-ring (bicyclic) bond motifs is 3. The van der Waals surface area contributed by atoms with Crippen molar-refractivity contribution in [1.82, 2.24) is 20.0 Å². The van der Waals surface area contributed by atoms with Crippen LogP contribution < -0.4 is 15.0 Å². The zero-order valence-corrected chi connectivity index (χ0v) is 19.2. The lowest BCUT2D eigenvalue weighted by atomic mass is 10.1. The van der Waals surface area contributed by atoms with Gasteiger partial charge in [-0.05, 0) is 49.1 Å². The topological polar surface area (TPSA) is 68.4 Å². The van der Waals surface area contributed by atoms with Crippen LogP contribution in [-0.2, 0) is 11.2 Å². The fourth-order valence-corrected chi connectivity index (χ4v) is 5.25. The zero-order chi connectivity index (χ0) is 22.9. The molecule has 8 nitrogen and oxygen atoms in total. The lowest BCUT2D eigenvalue weighted by Gasteiger charge is -2.44. The minimum atomic E-state index is -0.379. The number of ether oxygens (including phenoxy) is 1. The Hall–Kier alpha value is -3.10. The van der Waals surface area contributed by atoms with Gasteiger partial charge in [0, 0.05) is 32.4 Å². The van der Waals surface area contributed by atoms with E-state index < -0.39 is 0 Å². The van der Waals surface area contributed by atoms with Crippen molar-refractivity contribution < 1.29 is 14.3 Å². The predicted octanol–water partition coefficient (Wildman–Crippen LogP) is 2.32. The summed E-state index contributed by atoms with van der Waals surface area (Å²) in [6, 6.07) is 17.6. The summed E-state index contributed by atoms with van der Waals surface area (Å²) >= 11 is 0. The van der Waals surface area contributed by atoms with E-state index in [1.54, 1.807) is 19.1 Å². The maximum Gasteiger partial charge on any atom is 0.327 e. The molecule has 2 aromatic rings. The van der Waals surface area contributed by atoms with Crippen LogP contribution >= 0.6 is 0 Å². The number of carbonyl (C=O) groups excluding carboxylic acids is 2. The Balaban J connectivity index is 1.32. The van der Waals surface area contributed by atoms with E-state index in [4.69, 9.17) is 4.74 Å². The van der Waals surface area contributed by atoms with E-state index in [0.717, 1.165) is 43.8 Å². The monoisotopic (exact) mass is 449 g/mol. The van der Waals surface area contributed by atoms with Crippen molar-refractivity contribution in [3.05, 3.63) is 60.2 Å². The Morgan fingerprint density at radius 2 is 1.79 bits per heavy atom. The van der Waals surface area contributed by atoms with Crippen LogP contribution in [0.5, 0.6) is 5.75 Å². The summed E-state index contributed by atoms with van der Waals surface area (Å²) in [7, 11) is 3.45. The van der Waals surface area contributed by atoms with Crippen molar-refractivity contribution in [3.8, 4) is 5.75 Å². The molecule has 174 valence electrons. The summed E-state index contributed by atoms with van der Waals surface area (Å²) in [6.07, 6.45) is 2.07. The van der Waals surface area contributed by atoms with Gasteiger partial charge in [0.1, 0.15) is 24.2 Å². The molecule has 0 aromatic heterocycles. The number of rotatable bonds is 6. The minimum absolute atomic E-state index is 0.0947. The number of hydrogen-bond acceptors (Lipinski definition) is 6. The molecule has 33 heavy (non-hydrogen) atoms. The third-order valence-electron chi connectivity index (χ3n) is 6.96. The Labute approximate surface area is 194 Å². The maximum atomic E-state index is 13.5. The molecule has 0 saturated carbocycles. The number of carbonyl (C=O) groups is 2. The molecule has 2 aromatic carbocycles. The van der Waals surface area contributed by atoms with Crippen LogP contribution in [0.4, 0.5) is 10.5 Å². The molecular formula is C25H31N5O3. The molecule has 1 N–H and O–H groups in total. The molecule has 3 atom stereocenters. The van der Waals surface area contributed by atoms with Gasteiger partial charge >= 0.3 is 6.03 Å². The highest BCUT2D eigenvalue weighted by atomic mass is 16.5. The first kappa shape index (κ1) is 21.7. The number of nitrogens with zero attached hydrogens (tertiary/aromatic N) is 4.